The lowest BCUT2D eigenvalue weighted by Gasteiger charge is -2.22. The Morgan fingerprint density at radius 3 is 1.88 bits per heavy atom. The van der Waals surface area contributed by atoms with Gasteiger partial charge in [-0.3, -0.25) is 0 Å². The van der Waals surface area contributed by atoms with Crippen LogP contribution in [0.15, 0.2) is 91.0 Å². The van der Waals surface area contributed by atoms with Gasteiger partial charge in [0.1, 0.15) is 0 Å². The fraction of sp³-hybridized carbons (Fsp3) is 0.133. The van der Waals surface area contributed by atoms with Gasteiger partial charge in [0.2, 0.25) is 9.04 Å². The zero-order valence-corrected chi connectivity index (χ0v) is 18.9. The third-order valence-electron chi connectivity index (χ3n) is 7.03. The van der Waals surface area contributed by atoms with Crippen LogP contribution in [0.2, 0.25) is 6.04 Å². The highest BCUT2D eigenvalue weighted by Crippen LogP contribution is 2.33. The molecule has 6 aromatic rings. The first-order valence-electron chi connectivity index (χ1n) is 11.5. The maximum atomic E-state index is 6.27. The highest BCUT2D eigenvalue weighted by Gasteiger charge is 2.22. The average Bonchev–Trinajstić information content (AvgIpc) is 2.85. The van der Waals surface area contributed by atoms with Gasteiger partial charge in [-0.05, 0) is 108 Å². The molecule has 2 heteroatoms. The first-order valence-corrected chi connectivity index (χ1v) is 13.2. The molecule has 1 aliphatic heterocycles. The van der Waals surface area contributed by atoms with Gasteiger partial charge >= 0.3 is 0 Å². The van der Waals surface area contributed by atoms with Crippen LogP contribution < -0.4 is 5.19 Å². The second-order valence-corrected chi connectivity index (χ2v) is 11.2. The summed E-state index contributed by atoms with van der Waals surface area (Å²) >= 11 is 0. The van der Waals surface area contributed by atoms with Crippen molar-refractivity contribution in [1.82, 2.24) is 0 Å². The molecule has 1 radical (unpaired) electrons. The van der Waals surface area contributed by atoms with Crippen LogP contribution in [0.4, 0.5) is 0 Å². The predicted molar refractivity (Wildman–Crippen MR) is 139 cm³/mol. The third kappa shape index (κ3) is 2.87. The molecule has 7 rings (SSSR count). The quantitative estimate of drug-likeness (QED) is 0.150. The standard InChI is InChI=1S/C30H23OSi/c1-2-7-21-15-26-18-27-24(17-25(26)14-20(21)6-1)11-10-23-16-22-8-5-9-30(29(22)19-28(23)27)32-13-4-3-12-31-32/h1-2,5-11,14-19H,3-4,12-13H2. The molecule has 0 unspecified atom stereocenters. The van der Waals surface area contributed by atoms with E-state index >= 15 is 0 Å². The number of hydrogen-bond donors (Lipinski definition) is 0. The highest BCUT2D eigenvalue weighted by molar-refractivity contribution is 6.70. The van der Waals surface area contributed by atoms with Crippen molar-refractivity contribution < 1.29 is 4.43 Å². The Hall–Kier alpha value is -3.20. The minimum absolute atomic E-state index is 0.918. The summed E-state index contributed by atoms with van der Waals surface area (Å²) in [5, 5.41) is 14.6. The highest BCUT2D eigenvalue weighted by atomic mass is 28.3. The van der Waals surface area contributed by atoms with E-state index in [1.54, 1.807) is 0 Å². The Morgan fingerprint density at radius 2 is 1.12 bits per heavy atom. The van der Waals surface area contributed by atoms with Crippen LogP contribution in [0.5, 0.6) is 0 Å². The first kappa shape index (κ1) is 18.4. The number of benzene rings is 6. The van der Waals surface area contributed by atoms with Gasteiger partial charge in [0.05, 0.1) is 0 Å². The third-order valence-corrected chi connectivity index (χ3v) is 9.43. The van der Waals surface area contributed by atoms with Crippen molar-refractivity contribution in [2.45, 2.75) is 18.9 Å². The number of rotatable bonds is 1. The summed E-state index contributed by atoms with van der Waals surface area (Å²) in [7, 11) is -0.930. The van der Waals surface area contributed by atoms with E-state index in [1.165, 1.54) is 77.9 Å². The smallest absolute Gasteiger partial charge is 0.247 e. The minimum Gasteiger partial charge on any atom is -0.412 e. The van der Waals surface area contributed by atoms with Gasteiger partial charge in [-0.15, -0.1) is 0 Å². The van der Waals surface area contributed by atoms with Crippen molar-refractivity contribution in [2.75, 3.05) is 6.61 Å². The largest absolute Gasteiger partial charge is 0.412 e. The molecule has 0 atom stereocenters. The topological polar surface area (TPSA) is 9.23 Å². The molecule has 0 aromatic heterocycles. The van der Waals surface area contributed by atoms with E-state index in [-0.39, 0.29) is 0 Å². The molecule has 1 nitrogen and oxygen atoms in total. The molecule has 0 N–H and O–H groups in total. The zero-order chi connectivity index (χ0) is 21.1. The maximum Gasteiger partial charge on any atom is 0.247 e. The molecule has 0 saturated carbocycles. The van der Waals surface area contributed by atoms with Gasteiger partial charge in [0.25, 0.3) is 0 Å². The van der Waals surface area contributed by atoms with E-state index in [9.17, 15) is 0 Å². The van der Waals surface area contributed by atoms with Crippen LogP contribution in [0.25, 0.3) is 53.9 Å². The van der Waals surface area contributed by atoms with Gasteiger partial charge in [0, 0.05) is 6.61 Å². The Balaban J connectivity index is 1.53. The van der Waals surface area contributed by atoms with E-state index in [0.717, 1.165) is 6.61 Å². The monoisotopic (exact) mass is 427 g/mol. The second kappa shape index (κ2) is 7.16. The summed E-state index contributed by atoms with van der Waals surface area (Å²) in [4.78, 5) is 0. The van der Waals surface area contributed by atoms with E-state index in [4.69, 9.17) is 4.43 Å². The predicted octanol–water partition coefficient (Wildman–Crippen LogP) is 7.46. The molecule has 0 aliphatic carbocycles. The van der Waals surface area contributed by atoms with Crippen LogP contribution in [0, 0.1) is 0 Å². The number of fused-ring (bicyclic) bond motifs is 6. The molecular formula is C30H23OSi. The SMILES string of the molecule is c1ccc2cc3cc4c(ccc5cc6cccc([Si]7CCCCO7)c6cc54)cc3cc2c1. The molecule has 1 heterocycles. The summed E-state index contributed by atoms with van der Waals surface area (Å²) < 4.78 is 6.27. The van der Waals surface area contributed by atoms with Crippen LogP contribution in [-0.2, 0) is 4.43 Å². The van der Waals surface area contributed by atoms with Gasteiger partial charge in [0.15, 0.2) is 0 Å². The zero-order valence-electron chi connectivity index (χ0n) is 17.9. The average molecular weight is 428 g/mol. The van der Waals surface area contributed by atoms with Gasteiger partial charge in [-0.1, -0.05) is 61.0 Å². The Kier molecular flexibility index (Phi) is 4.11. The molecule has 0 spiro atoms. The van der Waals surface area contributed by atoms with Gasteiger partial charge in [-0.2, -0.15) is 0 Å². The van der Waals surface area contributed by atoms with E-state index in [0.29, 0.717) is 0 Å². The second-order valence-electron chi connectivity index (χ2n) is 9.01. The Bertz CT molecular complexity index is 1660. The molecule has 1 aliphatic rings. The van der Waals surface area contributed by atoms with Crippen LogP contribution in [0.1, 0.15) is 12.8 Å². The summed E-state index contributed by atoms with van der Waals surface area (Å²) in [6.07, 6.45) is 2.50. The van der Waals surface area contributed by atoms with Gasteiger partial charge in [-0.25, -0.2) is 0 Å². The van der Waals surface area contributed by atoms with Crippen molar-refractivity contribution in [3.05, 3.63) is 91.0 Å². The van der Waals surface area contributed by atoms with Crippen molar-refractivity contribution in [1.29, 1.82) is 0 Å². The molecule has 0 bridgehead atoms. The van der Waals surface area contributed by atoms with Crippen LogP contribution in [0.3, 0.4) is 0 Å². The van der Waals surface area contributed by atoms with Crippen molar-refractivity contribution in [3.8, 4) is 0 Å². The molecule has 32 heavy (non-hydrogen) atoms. The first-order chi connectivity index (χ1) is 15.8. The van der Waals surface area contributed by atoms with Crippen molar-refractivity contribution in [2.24, 2.45) is 0 Å². The molecular weight excluding hydrogens is 404 g/mol. The van der Waals surface area contributed by atoms with Crippen molar-refractivity contribution >= 4 is 68.1 Å². The Morgan fingerprint density at radius 1 is 0.500 bits per heavy atom. The van der Waals surface area contributed by atoms with Crippen LogP contribution in [-0.4, -0.2) is 15.6 Å². The lowest BCUT2D eigenvalue weighted by Crippen LogP contribution is -2.36. The maximum absolute atomic E-state index is 6.27. The summed E-state index contributed by atoms with van der Waals surface area (Å²) in [5.41, 5.74) is 0. The van der Waals surface area contributed by atoms with E-state index < -0.39 is 9.04 Å². The lowest BCUT2D eigenvalue weighted by atomic mass is 9.95. The van der Waals surface area contributed by atoms with Crippen molar-refractivity contribution in [3.63, 3.8) is 0 Å². The molecule has 6 aromatic carbocycles. The molecule has 1 fully saturated rings. The Labute approximate surface area is 189 Å². The summed E-state index contributed by atoms with van der Waals surface area (Å²) in [6, 6.07) is 35.4. The number of hydrogen-bond acceptors (Lipinski definition) is 1. The molecule has 1 saturated heterocycles. The minimum atomic E-state index is -0.930. The summed E-state index contributed by atoms with van der Waals surface area (Å²) in [6.45, 7) is 0.918. The van der Waals surface area contributed by atoms with E-state index in [1.807, 2.05) is 0 Å². The van der Waals surface area contributed by atoms with Crippen LogP contribution >= 0.6 is 0 Å². The van der Waals surface area contributed by atoms with E-state index in [2.05, 4.69) is 91.0 Å². The molecule has 153 valence electrons. The summed E-state index contributed by atoms with van der Waals surface area (Å²) in [5.74, 6) is 0. The fourth-order valence-corrected chi connectivity index (χ4v) is 7.72. The lowest BCUT2D eigenvalue weighted by molar-refractivity contribution is 0.295. The van der Waals surface area contributed by atoms with Gasteiger partial charge < -0.3 is 4.43 Å². The fourth-order valence-electron chi connectivity index (χ4n) is 5.39. The molecule has 0 amide bonds. The normalized spacial score (nSPS) is 15.4.